The monoisotopic (exact) mass is 505 g/mol. The van der Waals surface area contributed by atoms with E-state index in [0.29, 0.717) is 6.42 Å². The minimum Gasteiger partial charge on any atom is -0.394 e. The van der Waals surface area contributed by atoms with Gasteiger partial charge in [-0.1, -0.05) is 84.0 Å². The Bertz CT molecular complexity index is 991. The summed E-state index contributed by atoms with van der Waals surface area (Å²) in [5.74, 6) is -0.134. The van der Waals surface area contributed by atoms with Crippen LogP contribution in [-0.4, -0.2) is 54.5 Å². The average molecular weight is 506 g/mol. The summed E-state index contributed by atoms with van der Waals surface area (Å²) in [6, 6.07) is 0. The van der Waals surface area contributed by atoms with Crippen LogP contribution in [0.2, 0.25) is 0 Å². The number of aromatic amines is 1. The van der Waals surface area contributed by atoms with Crippen LogP contribution >= 0.6 is 0 Å². The second-order valence-corrected chi connectivity index (χ2v) is 9.89. The number of nitrogens with one attached hydrogen (secondary N) is 2. The van der Waals surface area contributed by atoms with Crippen LogP contribution in [-0.2, 0) is 9.53 Å². The number of anilines is 1. The van der Waals surface area contributed by atoms with Crippen molar-refractivity contribution in [1.29, 1.82) is 0 Å². The van der Waals surface area contributed by atoms with Gasteiger partial charge in [-0.2, -0.15) is 4.98 Å². The summed E-state index contributed by atoms with van der Waals surface area (Å²) in [5.41, 5.74) is -0.0897. The molecule has 0 saturated carbocycles. The van der Waals surface area contributed by atoms with Crippen LogP contribution < -0.4 is 10.9 Å². The molecule has 10 nitrogen and oxygen atoms in total. The number of imidazole rings is 1. The van der Waals surface area contributed by atoms with Crippen molar-refractivity contribution < 1.29 is 19.7 Å². The molecule has 36 heavy (non-hydrogen) atoms. The van der Waals surface area contributed by atoms with Crippen LogP contribution in [0.1, 0.15) is 109 Å². The molecule has 3 rings (SSSR count). The minimum atomic E-state index is -0.820. The number of aromatic nitrogens is 4. The van der Waals surface area contributed by atoms with E-state index in [4.69, 9.17) is 4.74 Å². The fourth-order valence-corrected chi connectivity index (χ4v) is 4.74. The van der Waals surface area contributed by atoms with Gasteiger partial charge in [-0.25, -0.2) is 4.98 Å². The summed E-state index contributed by atoms with van der Waals surface area (Å²) in [6.07, 6.45) is 16.1. The number of hydrogen-bond acceptors (Lipinski definition) is 7. The molecule has 1 aliphatic rings. The second-order valence-electron chi connectivity index (χ2n) is 9.89. The van der Waals surface area contributed by atoms with E-state index >= 15 is 0 Å². The quantitative estimate of drug-likeness (QED) is 0.236. The summed E-state index contributed by atoms with van der Waals surface area (Å²) in [7, 11) is 0. The molecular formula is C26H43N5O5. The zero-order valence-electron chi connectivity index (χ0n) is 21.6. The minimum absolute atomic E-state index is 0.0613. The van der Waals surface area contributed by atoms with Crippen LogP contribution in [0.3, 0.4) is 0 Å². The van der Waals surface area contributed by atoms with E-state index in [1.807, 2.05) is 0 Å². The predicted molar refractivity (Wildman–Crippen MR) is 139 cm³/mol. The van der Waals surface area contributed by atoms with Crippen molar-refractivity contribution in [2.24, 2.45) is 0 Å². The Morgan fingerprint density at radius 1 is 1.08 bits per heavy atom. The third-order valence-corrected chi connectivity index (χ3v) is 6.89. The molecule has 202 valence electrons. The summed E-state index contributed by atoms with van der Waals surface area (Å²) >= 11 is 0. The first-order valence-electron chi connectivity index (χ1n) is 13.7. The molecule has 3 atom stereocenters. The van der Waals surface area contributed by atoms with E-state index in [9.17, 15) is 19.8 Å². The Hall–Kier alpha value is -2.30. The first kappa shape index (κ1) is 28.3. The van der Waals surface area contributed by atoms with Gasteiger partial charge in [0.2, 0.25) is 11.9 Å². The summed E-state index contributed by atoms with van der Waals surface area (Å²) in [5, 5.41) is 22.0. The highest BCUT2D eigenvalue weighted by atomic mass is 16.5. The Morgan fingerprint density at radius 3 is 2.28 bits per heavy atom. The maximum Gasteiger partial charge on any atom is 0.280 e. The third-order valence-electron chi connectivity index (χ3n) is 6.89. The molecule has 4 N–H and O–H groups in total. The second kappa shape index (κ2) is 15.1. The number of carbonyl (C=O) groups is 1. The van der Waals surface area contributed by atoms with Gasteiger partial charge >= 0.3 is 0 Å². The Kier molecular flexibility index (Phi) is 11.8. The lowest BCUT2D eigenvalue weighted by Gasteiger charge is -2.13. The van der Waals surface area contributed by atoms with Crippen LogP contribution in [0.4, 0.5) is 5.95 Å². The van der Waals surface area contributed by atoms with E-state index in [2.05, 4.69) is 27.2 Å². The van der Waals surface area contributed by atoms with Gasteiger partial charge in [-0.15, -0.1) is 0 Å². The lowest BCUT2D eigenvalue weighted by molar-refractivity contribution is -0.116. The molecule has 1 unspecified atom stereocenters. The molecule has 10 heteroatoms. The van der Waals surface area contributed by atoms with Gasteiger partial charge in [0, 0.05) is 12.8 Å². The molecule has 2 aromatic heterocycles. The van der Waals surface area contributed by atoms with E-state index in [1.54, 1.807) is 4.57 Å². The average Bonchev–Trinajstić information content (AvgIpc) is 3.45. The summed E-state index contributed by atoms with van der Waals surface area (Å²) < 4.78 is 7.20. The molecule has 0 aliphatic carbocycles. The molecule has 1 fully saturated rings. The van der Waals surface area contributed by atoms with Crippen molar-refractivity contribution in [2.45, 2.75) is 122 Å². The van der Waals surface area contributed by atoms with Crippen molar-refractivity contribution >= 4 is 23.0 Å². The maximum absolute atomic E-state index is 12.4. The van der Waals surface area contributed by atoms with Crippen LogP contribution in [0.5, 0.6) is 0 Å². The molecule has 0 bridgehead atoms. The van der Waals surface area contributed by atoms with Crippen molar-refractivity contribution in [3.8, 4) is 0 Å². The van der Waals surface area contributed by atoms with E-state index in [1.165, 1.54) is 70.5 Å². The highest BCUT2D eigenvalue weighted by molar-refractivity contribution is 5.89. The number of nitrogens with zero attached hydrogens (tertiary/aromatic N) is 3. The highest BCUT2D eigenvalue weighted by Gasteiger charge is 2.35. The Morgan fingerprint density at radius 2 is 1.69 bits per heavy atom. The zero-order chi connectivity index (χ0) is 25.8. The topological polar surface area (TPSA) is 142 Å². The van der Waals surface area contributed by atoms with Gasteiger partial charge < -0.3 is 14.9 Å². The molecule has 0 aromatic carbocycles. The number of H-pyrrole nitrogens is 1. The highest BCUT2D eigenvalue weighted by Crippen LogP contribution is 2.30. The molecule has 0 spiro atoms. The normalized spacial score (nSPS) is 19.8. The Labute approximate surface area is 212 Å². The number of fused-ring (bicyclic) bond motifs is 1. The van der Waals surface area contributed by atoms with E-state index < -0.39 is 24.0 Å². The van der Waals surface area contributed by atoms with Gasteiger partial charge in [0.05, 0.1) is 19.0 Å². The molecule has 2 aromatic rings. The van der Waals surface area contributed by atoms with Gasteiger partial charge in [0.25, 0.3) is 5.56 Å². The van der Waals surface area contributed by atoms with E-state index in [-0.39, 0.29) is 36.0 Å². The van der Waals surface area contributed by atoms with Crippen molar-refractivity contribution in [3.05, 3.63) is 16.7 Å². The van der Waals surface area contributed by atoms with Crippen molar-refractivity contribution in [2.75, 3.05) is 11.9 Å². The first-order chi connectivity index (χ1) is 17.5. The lowest BCUT2D eigenvalue weighted by atomic mass is 10.0. The molecule has 3 heterocycles. The van der Waals surface area contributed by atoms with Crippen molar-refractivity contribution in [1.82, 2.24) is 19.5 Å². The molecule has 0 radical (unpaired) electrons. The third kappa shape index (κ3) is 8.38. The van der Waals surface area contributed by atoms with Crippen molar-refractivity contribution in [3.63, 3.8) is 0 Å². The Balaban J connectivity index is 1.35. The number of aliphatic hydroxyl groups excluding tert-OH is 2. The van der Waals surface area contributed by atoms with Gasteiger partial charge in [0.1, 0.15) is 12.3 Å². The van der Waals surface area contributed by atoms with Crippen LogP contribution in [0.25, 0.3) is 11.2 Å². The van der Waals surface area contributed by atoms with Gasteiger partial charge in [-0.3, -0.25) is 24.5 Å². The number of amides is 1. The SMILES string of the molecule is CCCCCCCCCCCCCCCC(=O)Nc1nc2c(ncn2C2C[C@H](O)[C@@H](CO)O2)c(=O)[nH]1. The maximum atomic E-state index is 12.4. The summed E-state index contributed by atoms with van der Waals surface area (Å²) in [4.78, 5) is 35.8. The molecule has 1 aliphatic heterocycles. The van der Waals surface area contributed by atoms with Gasteiger partial charge in [0.15, 0.2) is 11.2 Å². The molecular weight excluding hydrogens is 462 g/mol. The number of unbranched alkanes of at least 4 members (excludes halogenated alkanes) is 12. The number of carbonyl (C=O) groups excluding carboxylic acids is 1. The number of hydrogen-bond donors (Lipinski definition) is 4. The van der Waals surface area contributed by atoms with Crippen LogP contribution in [0, 0.1) is 0 Å². The predicted octanol–water partition coefficient (Wildman–Crippen LogP) is 4.18. The number of aliphatic hydroxyl groups is 2. The van der Waals surface area contributed by atoms with Crippen LogP contribution in [0.15, 0.2) is 11.1 Å². The summed E-state index contributed by atoms with van der Waals surface area (Å²) in [6.45, 7) is 1.94. The standard InChI is InChI=1S/C26H43N5O5/c1-2-3-4-5-6-7-8-9-10-11-12-13-14-15-21(34)28-26-29-24-23(25(35)30-26)27-18-31(24)22-16-19(33)20(17-32)36-22/h18-20,22,32-33H,2-17H2,1H3,(H2,28,29,30,34,35)/t19-,20+,22?/m0/s1. The van der Waals surface area contributed by atoms with Gasteiger partial charge in [-0.05, 0) is 6.42 Å². The number of rotatable bonds is 17. The fourth-order valence-electron chi connectivity index (χ4n) is 4.74. The smallest absolute Gasteiger partial charge is 0.280 e. The molecule has 1 saturated heterocycles. The first-order valence-corrected chi connectivity index (χ1v) is 13.7. The fraction of sp³-hybridized carbons (Fsp3) is 0.769. The zero-order valence-corrected chi connectivity index (χ0v) is 21.6. The molecule has 1 amide bonds. The lowest BCUT2D eigenvalue weighted by Crippen LogP contribution is -2.24. The van der Waals surface area contributed by atoms with E-state index in [0.717, 1.165) is 19.3 Å². The number of ether oxygens (including phenoxy) is 1. The largest absolute Gasteiger partial charge is 0.394 e.